The Kier molecular flexibility index (Phi) is 7.16. The quantitative estimate of drug-likeness (QED) is 0.642. The molecule has 3 rings (SSSR count). The van der Waals surface area contributed by atoms with E-state index in [1.54, 1.807) is 12.1 Å². The summed E-state index contributed by atoms with van der Waals surface area (Å²) in [7, 11) is -3.50. The number of nitrogens with one attached hydrogen (secondary N) is 1. The number of likely N-dealkylation sites (N-methyl/N-ethyl adjacent to an activating group) is 1. The molecule has 1 unspecified atom stereocenters. The highest BCUT2D eigenvalue weighted by Crippen LogP contribution is 2.28. The molecule has 0 radical (unpaired) electrons. The molecule has 1 saturated heterocycles. The zero-order chi connectivity index (χ0) is 22.1. The second kappa shape index (κ2) is 9.14. The van der Waals surface area contributed by atoms with Crippen LogP contribution in [0.3, 0.4) is 0 Å². The van der Waals surface area contributed by atoms with Crippen molar-refractivity contribution in [3.63, 3.8) is 0 Å². The number of benzene rings is 2. The van der Waals surface area contributed by atoms with Crippen LogP contribution in [0.2, 0.25) is 10.0 Å². The normalized spacial score (nSPS) is 22.3. The van der Waals surface area contributed by atoms with Crippen LogP contribution in [0, 0.1) is 0 Å². The molecular weight excluding hydrogens is 467 g/mol. The molecule has 3 atom stereocenters. The van der Waals surface area contributed by atoms with Crippen molar-refractivity contribution in [3.05, 3.63) is 64.1 Å². The maximum atomic E-state index is 13.2. The molecule has 1 heterocycles. The number of nitrogens with zero attached hydrogens (tertiary/aromatic N) is 1. The largest absolute Gasteiger partial charge is 0.310 e. The Morgan fingerprint density at radius 3 is 2.07 bits per heavy atom. The Morgan fingerprint density at radius 1 is 1.00 bits per heavy atom. The fourth-order valence-electron chi connectivity index (χ4n) is 3.66. The van der Waals surface area contributed by atoms with Crippen molar-refractivity contribution in [3.8, 4) is 0 Å². The van der Waals surface area contributed by atoms with Gasteiger partial charge in [0.05, 0.1) is 21.7 Å². The molecule has 1 aliphatic heterocycles. The molecule has 2 aromatic rings. The van der Waals surface area contributed by atoms with Crippen LogP contribution in [-0.4, -0.2) is 65.2 Å². The fourth-order valence-corrected chi connectivity index (χ4v) is 8.63. The van der Waals surface area contributed by atoms with Gasteiger partial charge in [0, 0.05) is 28.7 Å². The number of halogens is 2. The molecule has 1 fully saturated rings. The Labute approximate surface area is 188 Å². The summed E-state index contributed by atoms with van der Waals surface area (Å²) in [5.41, 5.74) is 0.995. The van der Waals surface area contributed by atoms with E-state index in [0.717, 1.165) is 5.56 Å². The first-order valence-electron chi connectivity index (χ1n) is 9.35. The van der Waals surface area contributed by atoms with E-state index in [2.05, 4.69) is 5.32 Å². The molecule has 0 saturated carbocycles. The van der Waals surface area contributed by atoms with Crippen molar-refractivity contribution in [2.24, 2.45) is 0 Å². The predicted octanol–water partition coefficient (Wildman–Crippen LogP) is 2.83. The molecule has 0 spiro atoms. The van der Waals surface area contributed by atoms with Gasteiger partial charge in [0.15, 0.2) is 19.7 Å². The van der Waals surface area contributed by atoms with Gasteiger partial charge in [-0.3, -0.25) is 0 Å². The van der Waals surface area contributed by atoms with Gasteiger partial charge in [0.1, 0.15) is 0 Å². The van der Waals surface area contributed by atoms with Gasteiger partial charge in [0.25, 0.3) is 0 Å². The second-order valence-electron chi connectivity index (χ2n) is 7.66. The highest BCUT2D eigenvalue weighted by Gasteiger charge is 2.45. The monoisotopic (exact) mass is 490 g/mol. The van der Waals surface area contributed by atoms with Crippen LogP contribution >= 0.6 is 23.2 Å². The lowest BCUT2D eigenvalue weighted by Gasteiger charge is -2.28. The van der Waals surface area contributed by atoms with E-state index in [1.165, 1.54) is 24.3 Å². The third kappa shape index (κ3) is 5.36. The lowest BCUT2D eigenvalue weighted by molar-refractivity contribution is 0.282. The first-order valence-corrected chi connectivity index (χ1v) is 13.5. The minimum Gasteiger partial charge on any atom is -0.310 e. The van der Waals surface area contributed by atoms with Crippen molar-refractivity contribution in [1.82, 2.24) is 10.2 Å². The Morgan fingerprint density at radius 2 is 1.53 bits per heavy atom. The summed E-state index contributed by atoms with van der Waals surface area (Å²) >= 11 is 11.8. The van der Waals surface area contributed by atoms with Crippen molar-refractivity contribution < 1.29 is 16.8 Å². The zero-order valence-corrected chi connectivity index (χ0v) is 19.8. The van der Waals surface area contributed by atoms with Crippen LogP contribution in [0.1, 0.15) is 11.6 Å². The first kappa shape index (κ1) is 23.5. The SMILES string of the molecule is CN(C)C(CN[C@H]1CS(=O)(=O)C[C@@H]1S(=O)(=O)c1ccc(Cl)cc1)c1ccc(Cl)cc1. The molecule has 2 aromatic carbocycles. The summed E-state index contributed by atoms with van der Waals surface area (Å²) in [6, 6.07) is 12.4. The van der Waals surface area contributed by atoms with Crippen molar-refractivity contribution in [1.29, 1.82) is 0 Å². The van der Waals surface area contributed by atoms with Crippen molar-refractivity contribution in [2.45, 2.75) is 22.2 Å². The van der Waals surface area contributed by atoms with Gasteiger partial charge in [-0.05, 0) is 56.1 Å². The average Bonchev–Trinajstić information content (AvgIpc) is 2.99. The zero-order valence-electron chi connectivity index (χ0n) is 16.6. The molecule has 6 nitrogen and oxygen atoms in total. The smallest absolute Gasteiger partial charge is 0.183 e. The molecule has 1 N–H and O–H groups in total. The van der Waals surface area contributed by atoms with E-state index in [0.29, 0.717) is 16.6 Å². The van der Waals surface area contributed by atoms with Crippen LogP contribution in [0.4, 0.5) is 0 Å². The molecular formula is C20H24Cl2N2O4S2. The Balaban J connectivity index is 1.83. The van der Waals surface area contributed by atoms with Gasteiger partial charge in [-0.1, -0.05) is 35.3 Å². The minimum absolute atomic E-state index is 0.0719. The maximum Gasteiger partial charge on any atom is 0.183 e. The summed E-state index contributed by atoms with van der Waals surface area (Å²) in [4.78, 5) is 2.06. The lowest BCUT2D eigenvalue weighted by atomic mass is 10.1. The van der Waals surface area contributed by atoms with Crippen LogP contribution in [0.25, 0.3) is 0 Å². The maximum absolute atomic E-state index is 13.2. The minimum atomic E-state index is -3.85. The van der Waals surface area contributed by atoms with Crippen molar-refractivity contribution >= 4 is 42.9 Å². The van der Waals surface area contributed by atoms with Gasteiger partial charge in [-0.2, -0.15) is 0 Å². The number of hydrogen-bond donors (Lipinski definition) is 1. The predicted molar refractivity (Wildman–Crippen MR) is 121 cm³/mol. The summed E-state index contributed by atoms with van der Waals surface area (Å²) in [5, 5.41) is 3.19. The number of rotatable bonds is 7. The highest BCUT2D eigenvalue weighted by molar-refractivity contribution is 7.96. The van der Waals surface area contributed by atoms with Crippen LogP contribution in [-0.2, 0) is 19.7 Å². The molecule has 0 amide bonds. The molecule has 30 heavy (non-hydrogen) atoms. The third-order valence-corrected chi connectivity index (χ3v) is 9.96. The Hall–Kier alpha value is -1.16. The first-order chi connectivity index (χ1) is 14.0. The third-order valence-electron chi connectivity index (χ3n) is 5.29. The summed E-state index contributed by atoms with van der Waals surface area (Å²) in [6.45, 7) is 0.390. The number of sulfone groups is 2. The molecule has 10 heteroatoms. The van der Waals surface area contributed by atoms with Gasteiger partial charge in [0.2, 0.25) is 0 Å². The van der Waals surface area contributed by atoms with Crippen molar-refractivity contribution in [2.75, 3.05) is 32.1 Å². The van der Waals surface area contributed by atoms with Gasteiger partial charge in [-0.25, -0.2) is 16.8 Å². The van der Waals surface area contributed by atoms with Gasteiger partial charge >= 0.3 is 0 Å². The van der Waals surface area contributed by atoms with Crippen LogP contribution in [0.5, 0.6) is 0 Å². The van der Waals surface area contributed by atoms with Gasteiger partial charge < -0.3 is 10.2 Å². The standard InChI is InChI=1S/C20H24Cl2N2O4S2/c1-24(2)19(14-3-5-15(21)6-4-14)11-23-18-12-29(25,26)13-20(18)30(27,28)17-9-7-16(22)8-10-17/h3-10,18-20,23H,11-13H2,1-2H3/t18-,19?,20-/m0/s1. The van der Waals surface area contributed by atoms with Gasteiger partial charge in [-0.15, -0.1) is 0 Å². The molecule has 0 aliphatic carbocycles. The second-order valence-corrected chi connectivity index (χ2v) is 12.9. The van der Waals surface area contributed by atoms with E-state index in [1.807, 2.05) is 31.1 Å². The molecule has 0 bridgehead atoms. The van der Waals surface area contributed by atoms with E-state index in [9.17, 15) is 16.8 Å². The van der Waals surface area contributed by atoms with E-state index >= 15 is 0 Å². The molecule has 164 valence electrons. The summed E-state index contributed by atoms with van der Waals surface area (Å²) < 4.78 is 51.0. The summed E-state index contributed by atoms with van der Waals surface area (Å²) in [5.74, 6) is -0.617. The fraction of sp³-hybridized carbons (Fsp3) is 0.400. The molecule has 0 aromatic heterocycles. The van der Waals surface area contributed by atoms with Crippen LogP contribution < -0.4 is 5.32 Å². The van der Waals surface area contributed by atoms with E-state index in [-0.39, 0.29) is 16.7 Å². The number of hydrogen-bond acceptors (Lipinski definition) is 6. The van der Waals surface area contributed by atoms with E-state index in [4.69, 9.17) is 23.2 Å². The lowest BCUT2D eigenvalue weighted by Crippen LogP contribution is -2.46. The van der Waals surface area contributed by atoms with Crippen LogP contribution in [0.15, 0.2) is 53.4 Å². The topological polar surface area (TPSA) is 83.6 Å². The highest BCUT2D eigenvalue weighted by atomic mass is 35.5. The summed E-state index contributed by atoms with van der Waals surface area (Å²) in [6.07, 6.45) is 0. The van der Waals surface area contributed by atoms with E-state index < -0.39 is 36.7 Å². The average molecular weight is 491 g/mol. The molecule has 1 aliphatic rings. The Bertz CT molecular complexity index is 1090.